The number of aliphatic hydroxyl groups is 1. The fourth-order valence-electron chi connectivity index (χ4n) is 1.90. The third kappa shape index (κ3) is 2.29. The van der Waals surface area contributed by atoms with Crippen molar-refractivity contribution in [2.75, 3.05) is 5.73 Å². The molecule has 0 spiro atoms. The topological polar surface area (TPSA) is 46.2 Å². The van der Waals surface area contributed by atoms with Crippen molar-refractivity contribution in [3.05, 3.63) is 65.7 Å². The summed E-state index contributed by atoms with van der Waals surface area (Å²) >= 11 is 0. The van der Waals surface area contributed by atoms with Crippen molar-refractivity contribution in [2.45, 2.75) is 11.8 Å². The smallest absolute Gasteiger partial charge is 0.399 e. The first-order valence-corrected chi connectivity index (χ1v) is 5.56. The van der Waals surface area contributed by atoms with Crippen LogP contribution in [0.25, 0.3) is 0 Å². The van der Waals surface area contributed by atoms with Crippen molar-refractivity contribution < 1.29 is 18.3 Å². The molecule has 0 radical (unpaired) electrons. The molecule has 0 saturated heterocycles. The fourth-order valence-corrected chi connectivity index (χ4v) is 1.90. The number of nitrogens with two attached hydrogens (primary N) is 1. The van der Waals surface area contributed by atoms with E-state index in [9.17, 15) is 18.3 Å². The monoisotopic (exact) mass is 267 g/mol. The van der Waals surface area contributed by atoms with Gasteiger partial charge in [-0.05, 0) is 23.3 Å². The minimum atomic E-state index is -4.83. The number of nitrogen functional groups attached to an aromatic ring is 1. The summed E-state index contributed by atoms with van der Waals surface area (Å²) in [5.74, 6) is 0. The number of hydrogen-bond acceptors (Lipinski definition) is 2. The van der Waals surface area contributed by atoms with E-state index in [1.54, 1.807) is 6.07 Å². The van der Waals surface area contributed by atoms with E-state index in [2.05, 4.69) is 0 Å². The van der Waals surface area contributed by atoms with Gasteiger partial charge in [0, 0.05) is 5.69 Å². The second kappa shape index (κ2) is 4.59. The Morgan fingerprint density at radius 2 is 1.26 bits per heavy atom. The predicted octanol–water partition coefficient (Wildman–Crippen LogP) is 3.07. The number of anilines is 1. The van der Waals surface area contributed by atoms with Crippen LogP contribution in [0.15, 0.2) is 54.6 Å². The van der Waals surface area contributed by atoms with Crippen LogP contribution in [0.2, 0.25) is 0 Å². The van der Waals surface area contributed by atoms with Crippen molar-refractivity contribution >= 4 is 5.69 Å². The SMILES string of the molecule is Nc1ccc(C(O)(c2ccccc2)C(F)(F)F)cc1. The van der Waals surface area contributed by atoms with Crippen molar-refractivity contribution in [3.63, 3.8) is 0 Å². The summed E-state index contributed by atoms with van der Waals surface area (Å²) in [6.45, 7) is 0. The van der Waals surface area contributed by atoms with Crippen LogP contribution in [0.3, 0.4) is 0 Å². The van der Waals surface area contributed by atoms with E-state index < -0.39 is 11.8 Å². The maximum absolute atomic E-state index is 13.3. The van der Waals surface area contributed by atoms with Crippen molar-refractivity contribution in [3.8, 4) is 0 Å². The van der Waals surface area contributed by atoms with Gasteiger partial charge >= 0.3 is 6.18 Å². The highest BCUT2D eigenvalue weighted by atomic mass is 19.4. The third-order valence-electron chi connectivity index (χ3n) is 2.93. The lowest BCUT2D eigenvalue weighted by Gasteiger charge is -2.31. The van der Waals surface area contributed by atoms with Crippen LogP contribution in [0.4, 0.5) is 18.9 Å². The fraction of sp³-hybridized carbons (Fsp3) is 0.143. The van der Waals surface area contributed by atoms with Crippen molar-refractivity contribution in [2.24, 2.45) is 0 Å². The molecule has 100 valence electrons. The molecule has 19 heavy (non-hydrogen) atoms. The van der Waals surface area contributed by atoms with Gasteiger partial charge < -0.3 is 10.8 Å². The van der Waals surface area contributed by atoms with Crippen molar-refractivity contribution in [1.29, 1.82) is 0 Å². The van der Waals surface area contributed by atoms with Crippen LogP contribution in [0.5, 0.6) is 0 Å². The Morgan fingerprint density at radius 1 is 0.789 bits per heavy atom. The summed E-state index contributed by atoms with van der Waals surface area (Å²) in [6, 6.07) is 12.0. The summed E-state index contributed by atoms with van der Waals surface area (Å²) in [7, 11) is 0. The molecular formula is C14H12F3NO. The number of hydrogen-bond donors (Lipinski definition) is 2. The quantitative estimate of drug-likeness (QED) is 0.821. The lowest BCUT2D eigenvalue weighted by Crippen LogP contribution is -2.43. The Labute approximate surface area is 108 Å². The molecule has 2 rings (SSSR count). The minimum absolute atomic E-state index is 0.229. The lowest BCUT2D eigenvalue weighted by molar-refractivity contribution is -0.248. The Balaban J connectivity index is 2.63. The van der Waals surface area contributed by atoms with Crippen LogP contribution >= 0.6 is 0 Å². The van der Waals surface area contributed by atoms with Gasteiger partial charge in [-0.3, -0.25) is 0 Å². The van der Waals surface area contributed by atoms with Gasteiger partial charge in [0.25, 0.3) is 0 Å². The number of benzene rings is 2. The minimum Gasteiger partial charge on any atom is -0.399 e. The van der Waals surface area contributed by atoms with Crippen molar-refractivity contribution in [1.82, 2.24) is 0 Å². The molecule has 0 heterocycles. The molecule has 0 aliphatic carbocycles. The average Bonchev–Trinajstić information content (AvgIpc) is 2.38. The van der Waals surface area contributed by atoms with E-state index in [0.29, 0.717) is 5.69 Å². The zero-order valence-electron chi connectivity index (χ0n) is 9.85. The summed E-state index contributed by atoms with van der Waals surface area (Å²) in [5.41, 5.74) is 2.26. The van der Waals surface area contributed by atoms with E-state index in [4.69, 9.17) is 5.73 Å². The summed E-state index contributed by atoms with van der Waals surface area (Å²) in [4.78, 5) is 0. The molecule has 0 aliphatic rings. The highest BCUT2D eigenvalue weighted by Crippen LogP contribution is 2.44. The van der Waals surface area contributed by atoms with E-state index in [1.807, 2.05) is 0 Å². The molecule has 5 heteroatoms. The summed E-state index contributed by atoms with van der Waals surface area (Å²) < 4.78 is 39.9. The second-order valence-corrected chi connectivity index (χ2v) is 4.20. The molecule has 0 saturated carbocycles. The summed E-state index contributed by atoms with van der Waals surface area (Å²) in [6.07, 6.45) is -4.83. The molecule has 0 fully saturated rings. The third-order valence-corrected chi connectivity index (χ3v) is 2.93. The van der Waals surface area contributed by atoms with E-state index >= 15 is 0 Å². The van der Waals surface area contributed by atoms with Gasteiger partial charge in [0.2, 0.25) is 5.60 Å². The largest absolute Gasteiger partial charge is 0.425 e. The highest BCUT2D eigenvalue weighted by Gasteiger charge is 2.56. The van der Waals surface area contributed by atoms with Gasteiger partial charge in [0.1, 0.15) is 0 Å². The van der Waals surface area contributed by atoms with Crippen LogP contribution in [-0.4, -0.2) is 11.3 Å². The first-order valence-electron chi connectivity index (χ1n) is 5.56. The van der Waals surface area contributed by atoms with Gasteiger partial charge in [-0.1, -0.05) is 42.5 Å². The van der Waals surface area contributed by atoms with Crippen LogP contribution in [-0.2, 0) is 5.60 Å². The Hall–Kier alpha value is -2.01. The zero-order valence-corrected chi connectivity index (χ0v) is 9.85. The first-order chi connectivity index (χ1) is 8.85. The van der Waals surface area contributed by atoms with Gasteiger partial charge in [-0.2, -0.15) is 13.2 Å². The molecule has 2 aromatic rings. The van der Waals surface area contributed by atoms with E-state index in [0.717, 1.165) is 0 Å². The Kier molecular flexibility index (Phi) is 3.24. The van der Waals surface area contributed by atoms with Crippen LogP contribution in [0, 0.1) is 0 Å². The zero-order chi connectivity index (χ0) is 14.1. The van der Waals surface area contributed by atoms with Gasteiger partial charge in [-0.15, -0.1) is 0 Å². The first kappa shape index (κ1) is 13.4. The Bertz CT molecular complexity index is 551. The van der Waals surface area contributed by atoms with E-state index in [-0.39, 0.29) is 11.1 Å². The molecule has 0 aliphatic heterocycles. The molecule has 2 nitrogen and oxygen atoms in total. The van der Waals surface area contributed by atoms with Gasteiger partial charge in [0.05, 0.1) is 0 Å². The molecule has 0 amide bonds. The molecule has 1 unspecified atom stereocenters. The van der Waals surface area contributed by atoms with Crippen LogP contribution in [0.1, 0.15) is 11.1 Å². The van der Waals surface area contributed by atoms with Gasteiger partial charge in [0.15, 0.2) is 0 Å². The maximum atomic E-state index is 13.3. The summed E-state index contributed by atoms with van der Waals surface area (Å²) in [5, 5.41) is 10.2. The standard InChI is InChI=1S/C14H12F3NO/c15-14(16,17)13(19,10-4-2-1-3-5-10)11-6-8-12(18)9-7-11/h1-9,19H,18H2. The normalized spacial score (nSPS) is 14.9. The molecule has 0 aromatic heterocycles. The Morgan fingerprint density at radius 3 is 1.74 bits per heavy atom. The predicted molar refractivity (Wildman–Crippen MR) is 66.4 cm³/mol. The van der Waals surface area contributed by atoms with Crippen LogP contribution < -0.4 is 5.73 Å². The number of rotatable bonds is 2. The molecule has 3 N–H and O–H groups in total. The molecule has 0 bridgehead atoms. The number of halogens is 3. The molecule has 1 atom stereocenters. The average molecular weight is 267 g/mol. The maximum Gasteiger partial charge on any atom is 0.425 e. The number of alkyl halides is 3. The molecule has 2 aromatic carbocycles. The highest BCUT2D eigenvalue weighted by molar-refractivity contribution is 5.45. The lowest BCUT2D eigenvalue weighted by atomic mass is 9.85. The second-order valence-electron chi connectivity index (χ2n) is 4.20. The van der Waals surface area contributed by atoms with Gasteiger partial charge in [-0.25, -0.2) is 0 Å². The molecular weight excluding hydrogens is 255 g/mol. The van der Waals surface area contributed by atoms with E-state index in [1.165, 1.54) is 48.5 Å².